The molecule has 1 saturated carbocycles. The van der Waals surface area contributed by atoms with Gasteiger partial charge in [0.2, 0.25) is 0 Å². The molecule has 24 heavy (non-hydrogen) atoms. The Labute approximate surface area is 148 Å². The molecule has 1 aliphatic rings. The normalized spacial score (nSPS) is 27.1. The summed E-state index contributed by atoms with van der Waals surface area (Å²) in [4.78, 5) is 13.3. The molecule has 2 nitrogen and oxygen atoms in total. The first-order valence-corrected chi connectivity index (χ1v) is 11.7. The molecule has 0 saturated heterocycles. The van der Waals surface area contributed by atoms with Crippen LogP contribution in [0.5, 0.6) is 0 Å². The van der Waals surface area contributed by atoms with Gasteiger partial charge in [-0.3, -0.25) is 0 Å². The van der Waals surface area contributed by atoms with E-state index in [1.165, 1.54) is 12.8 Å². The van der Waals surface area contributed by atoms with Crippen LogP contribution in [0.25, 0.3) is 0 Å². The maximum Gasteiger partial charge on any atom is 0.456 e. The Morgan fingerprint density at radius 1 is 1.12 bits per heavy atom. The average Bonchev–Trinajstić information content (AvgIpc) is 2.54. The lowest BCUT2D eigenvalue weighted by atomic mass is 9.75. The van der Waals surface area contributed by atoms with Crippen molar-refractivity contribution in [1.29, 1.82) is 0 Å². The monoisotopic (exact) mass is 349 g/mol. The van der Waals surface area contributed by atoms with Crippen molar-refractivity contribution in [1.82, 2.24) is 0 Å². The first-order chi connectivity index (χ1) is 11.3. The maximum atomic E-state index is 13.3. The van der Waals surface area contributed by atoms with Crippen LogP contribution in [0.2, 0.25) is 0 Å². The van der Waals surface area contributed by atoms with E-state index in [-0.39, 0.29) is 11.8 Å². The molecule has 2 rings (SSSR count). The van der Waals surface area contributed by atoms with Crippen molar-refractivity contribution in [3.63, 3.8) is 0 Å². The van der Waals surface area contributed by atoms with Gasteiger partial charge < -0.3 is 4.74 Å². The molecule has 0 spiro atoms. The van der Waals surface area contributed by atoms with Crippen LogP contribution in [0.15, 0.2) is 30.3 Å². The van der Waals surface area contributed by atoms with Crippen LogP contribution >= 0.6 is 7.26 Å². The molecule has 1 aromatic rings. The van der Waals surface area contributed by atoms with Crippen LogP contribution in [-0.2, 0) is 4.74 Å². The number of carbonyl (C=O) groups excluding carboxylic acids is 1. The Morgan fingerprint density at radius 2 is 1.75 bits per heavy atom. The Morgan fingerprint density at radius 3 is 2.29 bits per heavy atom. The van der Waals surface area contributed by atoms with Crippen LogP contribution < -0.4 is 5.30 Å². The first-order valence-electron chi connectivity index (χ1n) is 9.39. The Balaban J connectivity index is 2.24. The molecular weight excluding hydrogens is 315 g/mol. The van der Waals surface area contributed by atoms with E-state index in [4.69, 9.17) is 4.74 Å². The maximum absolute atomic E-state index is 13.3. The summed E-state index contributed by atoms with van der Waals surface area (Å²) in [7, 11) is -1.99. The molecule has 0 amide bonds. The van der Waals surface area contributed by atoms with Crippen LogP contribution in [0, 0.1) is 17.8 Å². The van der Waals surface area contributed by atoms with Crippen molar-refractivity contribution in [3.8, 4) is 0 Å². The van der Waals surface area contributed by atoms with Gasteiger partial charge in [-0.1, -0.05) is 45.4 Å². The molecule has 1 aromatic carbocycles. The zero-order chi connectivity index (χ0) is 17.9. The van der Waals surface area contributed by atoms with Gasteiger partial charge in [-0.05, 0) is 56.6 Å². The molecule has 1 aliphatic carbocycles. The highest BCUT2D eigenvalue weighted by Crippen LogP contribution is 2.60. The summed E-state index contributed by atoms with van der Waals surface area (Å²) in [6, 6.07) is 10.3. The van der Waals surface area contributed by atoms with Gasteiger partial charge >= 0.3 is 5.71 Å². The van der Waals surface area contributed by atoms with Gasteiger partial charge in [-0.2, -0.15) is 0 Å². The second kappa shape index (κ2) is 8.00. The largest absolute Gasteiger partial charge is 0.456 e. The minimum atomic E-state index is -1.99. The molecule has 1 unspecified atom stereocenters. The third-order valence-electron chi connectivity index (χ3n) is 5.92. The minimum absolute atomic E-state index is 0.0495. The average molecular weight is 349 g/mol. The predicted octanol–water partition coefficient (Wildman–Crippen LogP) is 5.97. The number of rotatable bonds is 5. The van der Waals surface area contributed by atoms with Crippen molar-refractivity contribution in [2.24, 2.45) is 17.8 Å². The van der Waals surface area contributed by atoms with Gasteiger partial charge in [0.1, 0.15) is 11.4 Å². The summed E-state index contributed by atoms with van der Waals surface area (Å²) in [5.41, 5.74) is 0.347. The highest BCUT2D eigenvalue weighted by atomic mass is 31.2. The van der Waals surface area contributed by atoms with Gasteiger partial charge in [0.25, 0.3) is 0 Å². The van der Waals surface area contributed by atoms with Crippen LogP contribution in [0.4, 0.5) is 4.79 Å². The van der Waals surface area contributed by atoms with Crippen molar-refractivity contribution < 1.29 is 9.53 Å². The van der Waals surface area contributed by atoms with Gasteiger partial charge in [0.15, 0.2) is 7.26 Å². The molecule has 0 bridgehead atoms. The third kappa shape index (κ3) is 4.02. The van der Waals surface area contributed by atoms with E-state index in [1.54, 1.807) is 0 Å². The molecule has 0 N–H and O–H groups in total. The van der Waals surface area contributed by atoms with Crippen LogP contribution in [-0.4, -0.2) is 24.1 Å². The fourth-order valence-electron chi connectivity index (χ4n) is 3.84. The number of carbonyl (C=O) groups is 1. The van der Waals surface area contributed by atoms with E-state index in [1.807, 2.05) is 18.2 Å². The molecule has 0 radical (unpaired) electrons. The number of hydrogen-bond acceptors (Lipinski definition) is 2. The topological polar surface area (TPSA) is 26.3 Å². The van der Waals surface area contributed by atoms with Crippen molar-refractivity contribution >= 4 is 18.3 Å². The summed E-state index contributed by atoms with van der Waals surface area (Å²) in [5, 5.41) is 1.16. The Hall–Kier alpha value is -0.880. The molecule has 0 aliphatic heterocycles. The van der Waals surface area contributed by atoms with E-state index in [2.05, 4.69) is 53.4 Å². The Kier molecular flexibility index (Phi) is 6.48. The molecule has 0 aromatic heterocycles. The SMILES string of the molecule is CC(C)[C@@H]1CC[C@H](C)C[C@H]1OC(=O)[P+](C)(c1ccccc1)C(C)C. The number of hydrogen-bond donors (Lipinski definition) is 0. The minimum Gasteiger partial charge on any atom is -0.432 e. The molecule has 0 heterocycles. The highest BCUT2D eigenvalue weighted by Gasteiger charge is 2.50. The fourth-order valence-corrected chi connectivity index (χ4v) is 6.22. The highest BCUT2D eigenvalue weighted by molar-refractivity contribution is 7.96. The van der Waals surface area contributed by atoms with Crippen molar-refractivity contribution in [3.05, 3.63) is 30.3 Å². The van der Waals surface area contributed by atoms with Crippen LogP contribution in [0.3, 0.4) is 0 Å². The summed E-state index contributed by atoms with van der Waals surface area (Å²) in [5.74, 6) is 1.72. The van der Waals surface area contributed by atoms with E-state index in [0.29, 0.717) is 23.4 Å². The van der Waals surface area contributed by atoms with E-state index < -0.39 is 7.26 Å². The number of ether oxygens (including phenoxy) is 1. The zero-order valence-electron chi connectivity index (χ0n) is 16.2. The van der Waals surface area contributed by atoms with Gasteiger partial charge in [0.05, 0.1) is 12.3 Å². The third-order valence-corrected chi connectivity index (χ3v) is 10.2. The van der Waals surface area contributed by atoms with Crippen LogP contribution in [0.1, 0.15) is 53.9 Å². The second-order valence-corrected chi connectivity index (χ2v) is 12.3. The number of benzene rings is 1. The van der Waals surface area contributed by atoms with Crippen molar-refractivity contribution in [2.45, 2.75) is 65.6 Å². The lowest BCUT2D eigenvalue weighted by Gasteiger charge is -2.37. The molecular formula is C21H34O2P+. The smallest absolute Gasteiger partial charge is 0.432 e. The summed E-state index contributed by atoms with van der Waals surface area (Å²) in [6.07, 6.45) is 3.54. The van der Waals surface area contributed by atoms with Gasteiger partial charge in [-0.25, -0.2) is 4.79 Å². The Bertz CT molecular complexity index is 540. The van der Waals surface area contributed by atoms with Gasteiger partial charge in [-0.15, -0.1) is 0 Å². The molecule has 4 atom stereocenters. The lowest BCUT2D eigenvalue weighted by molar-refractivity contribution is 0.0178. The van der Waals surface area contributed by atoms with E-state index >= 15 is 0 Å². The summed E-state index contributed by atoms with van der Waals surface area (Å²) < 4.78 is 6.23. The lowest BCUT2D eigenvalue weighted by Crippen LogP contribution is -2.37. The van der Waals surface area contributed by atoms with E-state index in [9.17, 15) is 4.79 Å². The molecule has 1 fully saturated rings. The first kappa shape index (κ1) is 19.4. The fraction of sp³-hybridized carbons (Fsp3) is 0.667. The standard InChI is InChI=1S/C21H34O2P/c1-15(2)19-13-12-17(5)14-20(19)23-21(22)24(6,16(3)4)18-10-8-7-9-11-18/h7-11,15-17,19-20H,12-14H2,1-6H3/q+1/t17-,19-,20+,24?/m0/s1. The van der Waals surface area contributed by atoms with E-state index in [0.717, 1.165) is 11.7 Å². The van der Waals surface area contributed by atoms with Gasteiger partial charge in [0, 0.05) is 0 Å². The molecule has 3 heteroatoms. The van der Waals surface area contributed by atoms with Crippen molar-refractivity contribution in [2.75, 3.05) is 6.66 Å². The quantitative estimate of drug-likeness (QED) is 0.613. The predicted molar refractivity (Wildman–Crippen MR) is 106 cm³/mol. The molecule has 134 valence electrons. The second-order valence-electron chi connectivity index (χ2n) is 8.25. The summed E-state index contributed by atoms with van der Waals surface area (Å²) in [6.45, 7) is 13.3. The zero-order valence-corrected chi connectivity index (χ0v) is 17.1. The summed E-state index contributed by atoms with van der Waals surface area (Å²) >= 11 is 0.